The second kappa shape index (κ2) is 7.95. The summed E-state index contributed by atoms with van der Waals surface area (Å²) < 4.78 is 24.6. The highest BCUT2D eigenvalue weighted by atomic mass is 32.2. The van der Waals surface area contributed by atoms with E-state index < -0.39 is 9.84 Å². The van der Waals surface area contributed by atoms with Crippen molar-refractivity contribution in [2.24, 2.45) is 5.92 Å². The van der Waals surface area contributed by atoms with Crippen LogP contribution in [0.15, 0.2) is 18.2 Å². The predicted octanol–water partition coefficient (Wildman–Crippen LogP) is 3.41. The Morgan fingerprint density at radius 1 is 1.14 bits per heavy atom. The van der Waals surface area contributed by atoms with Crippen molar-refractivity contribution >= 4 is 9.84 Å². The largest absolute Gasteiger partial charge is 0.309 e. The quantitative estimate of drug-likeness (QED) is 0.800. The van der Waals surface area contributed by atoms with Crippen LogP contribution in [0.4, 0.5) is 0 Å². The first kappa shape index (κ1) is 18.2. The molecule has 0 aliphatic heterocycles. The van der Waals surface area contributed by atoms with Crippen LogP contribution in [0.25, 0.3) is 0 Å². The molecule has 0 saturated heterocycles. The molecule has 0 spiro atoms. The summed E-state index contributed by atoms with van der Waals surface area (Å²) in [5.74, 6) is 0.868. The van der Waals surface area contributed by atoms with Crippen molar-refractivity contribution in [3.05, 3.63) is 34.9 Å². The molecule has 0 bridgehead atoms. The van der Waals surface area contributed by atoms with Gasteiger partial charge in [0.15, 0.2) is 9.84 Å². The maximum absolute atomic E-state index is 12.3. The minimum atomic E-state index is -3.03. The molecule has 120 valence electrons. The molecule has 0 saturated carbocycles. The van der Waals surface area contributed by atoms with Crippen molar-refractivity contribution in [1.82, 2.24) is 5.32 Å². The number of hydrogen-bond donors (Lipinski definition) is 1. The second-order valence-corrected chi connectivity index (χ2v) is 8.48. The van der Waals surface area contributed by atoms with Crippen molar-refractivity contribution in [1.29, 1.82) is 0 Å². The van der Waals surface area contributed by atoms with Gasteiger partial charge in [0.25, 0.3) is 0 Å². The summed E-state index contributed by atoms with van der Waals surface area (Å²) >= 11 is 0. The zero-order valence-corrected chi connectivity index (χ0v) is 14.8. The van der Waals surface area contributed by atoms with Crippen molar-refractivity contribution in [2.45, 2.75) is 47.1 Å². The molecule has 0 aliphatic rings. The van der Waals surface area contributed by atoms with E-state index in [1.165, 1.54) is 11.1 Å². The maximum atomic E-state index is 12.3. The maximum Gasteiger partial charge on any atom is 0.152 e. The van der Waals surface area contributed by atoms with E-state index in [9.17, 15) is 8.42 Å². The van der Waals surface area contributed by atoms with Crippen LogP contribution in [0.3, 0.4) is 0 Å². The minimum Gasteiger partial charge on any atom is -0.309 e. The molecular weight excluding hydrogens is 282 g/mol. The van der Waals surface area contributed by atoms with E-state index in [1.54, 1.807) is 0 Å². The minimum absolute atomic E-state index is 0.119. The van der Waals surface area contributed by atoms with E-state index in [1.807, 2.05) is 13.0 Å². The van der Waals surface area contributed by atoms with Crippen LogP contribution in [-0.2, 0) is 9.84 Å². The van der Waals surface area contributed by atoms with Gasteiger partial charge in [-0.2, -0.15) is 0 Å². The van der Waals surface area contributed by atoms with Gasteiger partial charge in [0.2, 0.25) is 0 Å². The smallest absolute Gasteiger partial charge is 0.152 e. The first-order chi connectivity index (χ1) is 9.75. The van der Waals surface area contributed by atoms with E-state index in [4.69, 9.17) is 0 Å². The van der Waals surface area contributed by atoms with Gasteiger partial charge in [0.05, 0.1) is 11.5 Å². The van der Waals surface area contributed by atoms with Crippen LogP contribution in [0.2, 0.25) is 0 Å². The summed E-state index contributed by atoms with van der Waals surface area (Å²) in [4.78, 5) is 0. The highest BCUT2D eigenvalue weighted by Gasteiger charge is 2.20. The molecule has 21 heavy (non-hydrogen) atoms. The highest BCUT2D eigenvalue weighted by molar-refractivity contribution is 7.91. The van der Waals surface area contributed by atoms with Crippen LogP contribution in [-0.4, -0.2) is 26.5 Å². The molecule has 1 N–H and O–H groups in total. The first-order valence-electron chi connectivity index (χ1n) is 7.76. The molecule has 0 amide bonds. The number of sulfone groups is 1. The molecule has 0 radical (unpaired) electrons. The third-order valence-electron chi connectivity index (χ3n) is 3.81. The topological polar surface area (TPSA) is 46.2 Å². The normalized spacial score (nSPS) is 13.6. The Balaban J connectivity index is 2.88. The third-order valence-corrected chi connectivity index (χ3v) is 5.51. The average Bonchev–Trinajstić information content (AvgIpc) is 2.39. The van der Waals surface area contributed by atoms with E-state index in [-0.39, 0.29) is 17.5 Å². The Kier molecular flexibility index (Phi) is 6.88. The SMILES string of the molecule is CCNC(CS(=O)(=O)CCC(C)C)c1ccc(C)c(C)c1. The van der Waals surface area contributed by atoms with Crippen LogP contribution in [0.5, 0.6) is 0 Å². The highest BCUT2D eigenvalue weighted by Crippen LogP contribution is 2.20. The molecule has 0 aliphatic carbocycles. The van der Waals surface area contributed by atoms with Gasteiger partial charge in [-0.25, -0.2) is 8.42 Å². The number of benzene rings is 1. The summed E-state index contributed by atoms with van der Waals surface area (Å²) in [6.45, 7) is 11.0. The first-order valence-corrected chi connectivity index (χ1v) is 9.58. The summed E-state index contributed by atoms with van der Waals surface area (Å²) in [7, 11) is -3.03. The Labute approximate surface area is 130 Å². The van der Waals surface area contributed by atoms with Gasteiger partial charge in [-0.3, -0.25) is 0 Å². The summed E-state index contributed by atoms with van der Waals surface area (Å²) in [6.07, 6.45) is 0.730. The van der Waals surface area contributed by atoms with Crippen molar-refractivity contribution < 1.29 is 8.42 Å². The van der Waals surface area contributed by atoms with Crippen molar-refractivity contribution in [3.63, 3.8) is 0 Å². The Morgan fingerprint density at radius 3 is 2.33 bits per heavy atom. The van der Waals surface area contributed by atoms with E-state index in [0.29, 0.717) is 5.92 Å². The van der Waals surface area contributed by atoms with Gasteiger partial charge in [0, 0.05) is 6.04 Å². The average molecular weight is 311 g/mol. The van der Waals surface area contributed by atoms with E-state index in [2.05, 4.69) is 45.1 Å². The molecule has 1 rings (SSSR count). The van der Waals surface area contributed by atoms with E-state index >= 15 is 0 Å². The molecule has 0 heterocycles. The molecule has 0 fully saturated rings. The number of nitrogens with one attached hydrogen (secondary N) is 1. The van der Waals surface area contributed by atoms with Crippen LogP contribution in [0.1, 0.15) is 49.9 Å². The van der Waals surface area contributed by atoms with Crippen molar-refractivity contribution in [3.8, 4) is 0 Å². The zero-order valence-electron chi connectivity index (χ0n) is 13.9. The fourth-order valence-electron chi connectivity index (χ4n) is 2.25. The third kappa shape index (κ3) is 6.18. The van der Waals surface area contributed by atoms with Gasteiger partial charge in [-0.05, 0) is 49.4 Å². The number of aryl methyl sites for hydroxylation is 2. The van der Waals surface area contributed by atoms with Crippen LogP contribution in [0, 0.1) is 19.8 Å². The summed E-state index contributed by atoms with van der Waals surface area (Å²) in [6, 6.07) is 6.08. The zero-order chi connectivity index (χ0) is 16.0. The van der Waals surface area contributed by atoms with Crippen molar-refractivity contribution in [2.75, 3.05) is 18.1 Å². The molecule has 3 nitrogen and oxygen atoms in total. The monoisotopic (exact) mass is 311 g/mol. The molecule has 1 aromatic rings. The van der Waals surface area contributed by atoms with Gasteiger partial charge in [0.1, 0.15) is 0 Å². The van der Waals surface area contributed by atoms with Crippen LogP contribution < -0.4 is 5.32 Å². The summed E-state index contributed by atoms with van der Waals surface area (Å²) in [5.41, 5.74) is 3.50. The lowest BCUT2D eigenvalue weighted by Crippen LogP contribution is -2.29. The second-order valence-electron chi connectivity index (χ2n) is 6.25. The van der Waals surface area contributed by atoms with Gasteiger partial charge in [-0.1, -0.05) is 39.0 Å². The molecule has 1 unspecified atom stereocenters. The Morgan fingerprint density at radius 2 is 1.81 bits per heavy atom. The molecule has 0 aromatic heterocycles. The molecule has 1 aromatic carbocycles. The van der Waals surface area contributed by atoms with E-state index in [0.717, 1.165) is 18.5 Å². The van der Waals surface area contributed by atoms with Crippen LogP contribution >= 0.6 is 0 Å². The molecular formula is C17H29NO2S. The van der Waals surface area contributed by atoms with Gasteiger partial charge in [-0.15, -0.1) is 0 Å². The lowest BCUT2D eigenvalue weighted by Gasteiger charge is -2.20. The number of hydrogen-bond acceptors (Lipinski definition) is 3. The molecule has 1 atom stereocenters. The Hall–Kier alpha value is -0.870. The fraction of sp³-hybridized carbons (Fsp3) is 0.647. The lowest BCUT2D eigenvalue weighted by atomic mass is 10.0. The Bertz CT molecular complexity index is 550. The number of rotatable bonds is 8. The summed E-state index contributed by atoms with van der Waals surface area (Å²) in [5, 5.41) is 3.31. The van der Waals surface area contributed by atoms with Gasteiger partial charge >= 0.3 is 0 Å². The fourth-order valence-corrected chi connectivity index (χ4v) is 4.07. The standard InChI is InChI=1S/C17H29NO2S/c1-6-18-17(12-21(19,20)10-9-13(2)3)16-8-7-14(4)15(5)11-16/h7-8,11,13,17-18H,6,9-10,12H2,1-5H3. The molecule has 4 heteroatoms. The lowest BCUT2D eigenvalue weighted by molar-refractivity contribution is 0.547. The van der Waals surface area contributed by atoms with Gasteiger partial charge < -0.3 is 5.32 Å². The predicted molar refractivity (Wildman–Crippen MR) is 90.4 cm³/mol.